The van der Waals surface area contributed by atoms with Crippen molar-refractivity contribution in [2.24, 2.45) is 0 Å². The first-order valence-electron chi connectivity index (χ1n) is 5.93. The van der Waals surface area contributed by atoms with Crippen LogP contribution >= 0.6 is 11.8 Å². The molecule has 5 heteroatoms. The van der Waals surface area contributed by atoms with Gasteiger partial charge in [-0.3, -0.25) is 10.1 Å². The van der Waals surface area contributed by atoms with Crippen molar-refractivity contribution in [2.75, 3.05) is 18.7 Å². The minimum Gasteiger partial charge on any atom is -0.496 e. The molecule has 1 heterocycles. The summed E-state index contributed by atoms with van der Waals surface area (Å²) in [7, 11) is 1.65. The zero-order valence-electron chi connectivity index (χ0n) is 10.7. The fourth-order valence-electron chi connectivity index (χ4n) is 1.87. The first kappa shape index (κ1) is 13.2. The lowest BCUT2D eigenvalue weighted by Gasteiger charge is -2.13. The first-order chi connectivity index (χ1) is 8.70. The Bertz CT molecular complexity index is 431. The van der Waals surface area contributed by atoms with E-state index in [0.29, 0.717) is 6.54 Å². The number of hydrogen-bond donors (Lipinski definition) is 2. The number of ether oxygens (including phenoxy) is 1. The highest BCUT2D eigenvalue weighted by Crippen LogP contribution is 2.19. The van der Waals surface area contributed by atoms with E-state index >= 15 is 0 Å². The molecule has 18 heavy (non-hydrogen) atoms. The predicted octanol–water partition coefficient (Wildman–Crippen LogP) is 1.28. The monoisotopic (exact) mass is 266 g/mol. The van der Waals surface area contributed by atoms with Crippen LogP contribution in [0.4, 0.5) is 0 Å². The molecule has 0 aromatic heterocycles. The van der Waals surface area contributed by atoms with Crippen LogP contribution in [0.1, 0.15) is 11.1 Å². The molecular formula is C13H18N2O2S. The number of rotatable bonds is 4. The second-order valence-corrected chi connectivity index (χ2v) is 5.34. The molecule has 1 aliphatic rings. The van der Waals surface area contributed by atoms with Gasteiger partial charge in [0.2, 0.25) is 5.91 Å². The summed E-state index contributed by atoms with van der Waals surface area (Å²) in [6.07, 6.45) is 0. The van der Waals surface area contributed by atoms with Gasteiger partial charge >= 0.3 is 0 Å². The quantitative estimate of drug-likeness (QED) is 0.862. The number of nitrogens with one attached hydrogen (secondary N) is 2. The summed E-state index contributed by atoms with van der Waals surface area (Å²) < 4.78 is 5.31. The van der Waals surface area contributed by atoms with E-state index in [1.54, 1.807) is 18.9 Å². The lowest BCUT2D eigenvalue weighted by atomic mass is 10.1. The number of carbonyl (C=O) groups is 1. The lowest BCUT2D eigenvalue weighted by molar-refractivity contribution is -0.122. The van der Waals surface area contributed by atoms with Crippen molar-refractivity contribution in [1.82, 2.24) is 10.6 Å². The van der Waals surface area contributed by atoms with Gasteiger partial charge in [0, 0.05) is 23.7 Å². The van der Waals surface area contributed by atoms with Gasteiger partial charge in [-0.25, -0.2) is 0 Å². The molecule has 98 valence electrons. The fourth-order valence-corrected chi connectivity index (χ4v) is 2.81. The Morgan fingerprint density at radius 1 is 1.61 bits per heavy atom. The molecule has 0 radical (unpaired) electrons. The highest BCUT2D eigenvalue weighted by Gasteiger charge is 2.22. The fraction of sp³-hybridized carbons (Fsp3) is 0.462. The van der Waals surface area contributed by atoms with Crippen LogP contribution < -0.4 is 15.4 Å². The maximum atomic E-state index is 11.9. The molecular weight excluding hydrogens is 248 g/mol. The van der Waals surface area contributed by atoms with E-state index in [0.717, 1.165) is 28.5 Å². The maximum absolute atomic E-state index is 11.9. The predicted molar refractivity (Wildman–Crippen MR) is 73.8 cm³/mol. The van der Waals surface area contributed by atoms with Crippen LogP contribution in [0.25, 0.3) is 0 Å². The zero-order valence-corrected chi connectivity index (χ0v) is 11.5. The van der Waals surface area contributed by atoms with Crippen LogP contribution in [-0.4, -0.2) is 30.7 Å². The lowest BCUT2D eigenvalue weighted by Crippen LogP contribution is -2.41. The van der Waals surface area contributed by atoms with E-state index in [9.17, 15) is 4.79 Å². The Morgan fingerprint density at radius 2 is 2.44 bits per heavy atom. The number of thioether (sulfide) groups is 1. The van der Waals surface area contributed by atoms with Gasteiger partial charge in [0.15, 0.2) is 0 Å². The third-order valence-corrected chi connectivity index (χ3v) is 3.87. The van der Waals surface area contributed by atoms with Crippen LogP contribution in [0.3, 0.4) is 0 Å². The highest BCUT2D eigenvalue weighted by atomic mass is 32.2. The van der Waals surface area contributed by atoms with E-state index in [1.165, 1.54) is 0 Å². The second kappa shape index (κ2) is 6.11. The molecule has 1 amide bonds. The third kappa shape index (κ3) is 3.17. The summed E-state index contributed by atoms with van der Waals surface area (Å²) in [6, 6.07) is 5.93. The molecule has 2 rings (SSSR count). The number of carbonyl (C=O) groups excluding carboxylic acids is 1. The number of hydrogen-bond acceptors (Lipinski definition) is 4. The molecule has 1 atom stereocenters. The largest absolute Gasteiger partial charge is 0.496 e. The van der Waals surface area contributed by atoms with Gasteiger partial charge in [-0.1, -0.05) is 12.1 Å². The zero-order chi connectivity index (χ0) is 13.0. The van der Waals surface area contributed by atoms with E-state index in [1.807, 2.05) is 25.1 Å². The molecule has 1 unspecified atom stereocenters. The van der Waals surface area contributed by atoms with Gasteiger partial charge < -0.3 is 10.1 Å². The van der Waals surface area contributed by atoms with E-state index in [-0.39, 0.29) is 11.9 Å². The van der Waals surface area contributed by atoms with Gasteiger partial charge in [0.25, 0.3) is 0 Å². The van der Waals surface area contributed by atoms with E-state index < -0.39 is 0 Å². The SMILES string of the molecule is COc1cc(C)ccc1CNC(=O)C1CSCN1. The molecule has 0 aliphatic carbocycles. The van der Waals surface area contributed by atoms with Gasteiger partial charge in [0.1, 0.15) is 5.75 Å². The van der Waals surface area contributed by atoms with Gasteiger partial charge in [0.05, 0.1) is 13.2 Å². The van der Waals surface area contributed by atoms with Gasteiger partial charge in [-0.05, 0) is 18.6 Å². The Labute approximate surface area is 111 Å². The minimum absolute atomic E-state index is 0.0580. The Kier molecular flexibility index (Phi) is 4.49. The smallest absolute Gasteiger partial charge is 0.238 e. The van der Waals surface area contributed by atoms with Crippen molar-refractivity contribution < 1.29 is 9.53 Å². The van der Waals surface area contributed by atoms with Crippen molar-refractivity contribution in [1.29, 1.82) is 0 Å². The summed E-state index contributed by atoms with van der Waals surface area (Å²) in [5.41, 5.74) is 2.15. The van der Waals surface area contributed by atoms with Gasteiger partial charge in [-0.15, -0.1) is 11.8 Å². The van der Waals surface area contributed by atoms with E-state index in [2.05, 4.69) is 10.6 Å². The molecule has 4 nitrogen and oxygen atoms in total. The summed E-state index contributed by atoms with van der Waals surface area (Å²) in [5, 5.41) is 6.09. The Balaban J connectivity index is 1.95. The molecule has 1 aromatic carbocycles. The molecule has 2 N–H and O–H groups in total. The molecule has 0 saturated carbocycles. The van der Waals surface area contributed by atoms with Crippen molar-refractivity contribution in [2.45, 2.75) is 19.5 Å². The van der Waals surface area contributed by atoms with Crippen LogP contribution in [-0.2, 0) is 11.3 Å². The summed E-state index contributed by atoms with van der Waals surface area (Å²) in [5.74, 6) is 2.58. The average Bonchev–Trinajstić information content (AvgIpc) is 2.90. The molecule has 1 aliphatic heterocycles. The van der Waals surface area contributed by atoms with Crippen LogP contribution in [0.15, 0.2) is 18.2 Å². The minimum atomic E-state index is -0.0635. The molecule has 1 saturated heterocycles. The topological polar surface area (TPSA) is 50.4 Å². The normalized spacial score (nSPS) is 18.7. The number of amides is 1. The highest BCUT2D eigenvalue weighted by molar-refractivity contribution is 7.99. The number of aryl methyl sites for hydroxylation is 1. The number of benzene rings is 1. The second-order valence-electron chi connectivity index (χ2n) is 4.30. The Hall–Kier alpha value is -1.20. The van der Waals surface area contributed by atoms with E-state index in [4.69, 9.17) is 4.74 Å². The van der Waals surface area contributed by atoms with Crippen LogP contribution in [0.5, 0.6) is 5.75 Å². The van der Waals surface area contributed by atoms with Crippen LogP contribution in [0, 0.1) is 6.92 Å². The van der Waals surface area contributed by atoms with Crippen molar-refractivity contribution in [3.05, 3.63) is 29.3 Å². The third-order valence-electron chi connectivity index (χ3n) is 2.93. The van der Waals surface area contributed by atoms with Crippen molar-refractivity contribution >= 4 is 17.7 Å². The molecule has 0 spiro atoms. The first-order valence-corrected chi connectivity index (χ1v) is 7.08. The van der Waals surface area contributed by atoms with Gasteiger partial charge in [-0.2, -0.15) is 0 Å². The number of methoxy groups -OCH3 is 1. The summed E-state index contributed by atoms with van der Waals surface area (Å²) in [4.78, 5) is 11.9. The van der Waals surface area contributed by atoms with Crippen molar-refractivity contribution in [3.63, 3.8) is 0 Å². The average molecular weight is 266 g/mol. The standard InChI is InChI=1S/C13H18N2O2S/c1-9-3-4-10(12(5-9)17-2)6-14-13(16)11-7-18-8-15-11/h3-5,11,15H,6-8H2,1-2H3,(H,14,16). The molecule has 0 bridgehead atoms. The summed E-state index contributed by atoms with van der Waals surface area (Å²) in [6.45, 7) is 2.52. The summed E-state index contributed by atoms with van der Waals surface area (Å²) >= 11 is 1.75. The Morgan fingerprint density at radius 3 is 3.11 bits per heavy atom. The molecule has 1 fully saturated rings. The molecule has 1 aromatic rings. The maximum Gasteiger partial charge on any atom is 0.238 e. The van der Waals surface area contributed by atoms with Crippen LogP contribution in [0.2, 0.25) is 0 Å². The van der Waals surface area contributed by atoms with Crippen molar-refractivity contribution in [3.8, 4) is 5.75 Å².